The summed E-state index contributed by atoms with van der Waals surface area (Å²) >= 11 is 1.53. The molecular formula is C31H39N5O4S. The number of thiazole rings is 1. The SMILES string of the molecule is CC[C@@H](C)C(=O)N[C@H](C(=O)N1CCC[C@H]1c1nc(-c2cc(C(=O)N(C)C)nc3ccccc23)cs1)C1CCOCC1. The molecule has 5 rings (SSSR count). The molecule has 0 radical (unpaired) electrons. The van der Waals surface area contributed by atoms with E-state index >= 15 is 0 Å². The van der Waals surface area contributed by atoms with Gasteiger partial charge in [-0.05, 0) is 50.2 Å². The summed E-state index contributed by atoms with van der Waals surface area (Å²) in [7, 11) is 3.43. The molecule has 10 heteroatoms. The van der Waals surface area contributed by atoms with E-state index in [0.717, 1.165) is 59.3 Å². The second-order valence-corrected chi connectivity index (χ2v) is 12.2. The number of nitrogens with zero attached hydrogens (tertiary/aromatic N) is 4. The van der Waals surface area contributed by atoms with Crippen LogP contribution in [-0.2, 0) is 14.3 Å². The lowest BCUT2D eigenvalue weighted by Gasteiger charge is -2.35. The zero-order valence-corrected chi connectivity index (χ0v) is 25.1. The fourth-order valence-corrected chi connectivity index (χ4v) is 6.63. The van der Waals surface area contributed by atoms with Gasteiger partial charge in [-0.2, -0.15) is 0 Å². The quantitative estimate of drug-likeness (QED) is 0.417. The highest BCUT2D eigenvalue weighted by molar-refractivity contribution is 7.10. The van der Waals surface area contributed by atoms with E-state index < -0.39 is 6.04 Å². The number of benzene rings is 1. The predicted molar refractivity (Wildman–Crippen MR) is 159 cm³/mol. The molecule has 4 heterocycles. The third kappa shape index (κ3) is 6.13. The van der Waals surface area contributed by atoms with Crippen LogP contribution in [0.3, 0.4) is 0 Å². The van der Waals surface area contributed by atoms with E-state index in [-0.39, 0.29) is 35.6 Å². The van der Waals surface area contributed by atoms with Crippen molar-refractivity contribution in [1.29, 1.82) is 0 Å². The molecule has 0 bridgehead atoms. The number of pyridine rings is 1. The molecular weight excluding hydrogens is 538 g/mol. The molecule has 218 valence electrons. The second-order valence-electron chi connectivity index (χ2n) is 11.3. The lowest BCUT2D eigenvalue weighted by atomic mass is 9.90. The van der Waals surface area contributed by atoms with E-state index in [1.807, 2.05) is 54.5 Å². The average Bonchev–Trinajstić information content (AvgIpc) is 3.68. The van der Waals surface area contributed by atoms with Crippen molar-refractivity contribution in [2.24, 2.45) is 11.8 Å². The summed E-state index contributed by atoms with van der Waals surface area (Å²) in [6, 6.07) is 8.85. The summed E-state index contributed by atoms with van der Waals surface area (Å²) < 4.78 is 5.56. The Balaban J connectivity index is 1.44. The molecule has 2 fully saturated rings. The van der Waals surface area contributed by atoms with Crippen LogP contribution in [0.2, 0.25) is 0 Å². The van der Waals surface area contributed by atoms with Gasteiger partial charge in [0.05, 0.1) is 17.3 Å². The van der Waals surface area contributed by atoms with Crippen LogP contribution in [0.1, 0.15) is 67.5 Å². The minimum absolute atomic E-state index is 0.0268. The molecule has 3 aromatic rings. The zero-order chi connectivity index (χ0) is 29.1. The Bertz CT molecular complexity index is 1420. The highest BCUT2D eigenvalue weighted by Gasteiger charge is 2.40. The third-order valence-electron chi connectivity index (χ3n) is 8.32. The number of likely N-dealkylation sites (tertiary alicyclic amines) is 1. The van der Waals surface area contributed by atoms with Crippen LogP contribution in [0.5, 0.6) is 0 Å². The van der Waals surface area contributed by atoms with Crippen molar-refractivity contribution in [1.82, 2.24) is 25.1 Å². The Hall–Kier alpha value is -3.37. The molecule has 0 aliphatic carbocycles. The molecule has 9 nitrogen and oxygen atoms in total. The summed E-state index contributed by atoms with van der Waals surface area (Å²) in [5.74, 6) is -0.370. The van der Waals surface area contributed by atoms with Gasteiger partial charge in [0.2, 0.25) is 11.8 Å². The van der Waals surface area contributed by atoms with Crippen molar-refractivity contribution in [2.75, 3.05) is 33.9 Å². The van der Waals surface area contributed by atoms with Crippen molar-refractivity contribution < 1.29 is 19.1 Å². The standard InChI is InChI=1S/C31H39N5O4S/c1-5-19(2)28(37)34-27(20-12-15-40-16-13-20)31(39)36-14-8-11-26(36)29-33-25(18-41-29)22-17-24(30(38)35(3)4)32-23-10-7-6-9-21(22)23/h6-7,9-10,17-20,26-27H,5,8,11-16H2,1-4H3,(H,34,37)/t19-,26+,27+/m1/s1. The topological polar surface area (TPSA) is 105 Å². The molecule has 1 aromatic carbocycles. The molecule has 2 aromatic heterocycles. The molecule has 2 saturated heterocycles. The Morgan fingerprint density at radius 2 is 1.90 bits per heavy atom. The van der Waals surface area contributed by atoms with Crippen molar-refractivity contribution >= 4 is 40.0 Å². The fourth-order valence-electron chi connectivity index (χ4n) is 5.67. The Labute approximate surface area is 245 Å². The van der Waals surface area contributed by atoms with Gasteiger partial charge in [0.25, 0.3) is 5.91 Å². The monoisotopic (exact) mass is 577 g/mol. The molecule has 3 atom stereocenters. The maximum atomic E-state index is 14.1. The first-order chi connectivity index (χ1) is 19.8. The number of para-hydroxylation sites is 1. The minimum atomic E-state index is -0.566. The van der Waals surface area contributed by atoms with Crippen molar-refractivity contribution in [3.05, 3.63) is 46.4 Å². The Morgan fingerprint density at radius 3 is 2.63 bits per heavy atom. The van der Waals surface area contributed by atoms with Crippen LogP contribution in [0.4, 0.5) is 0 Å². The predicted octanol–water partition coefficient (Wildman–Crippen LogP) is 4.68. The lowest BCUT2D eigenvalue weighted by Crippen LogP contribution is -2.54. The van der Waals surface area contributed by atoms with Gasteiger partial charge in [-0.25, -0.2) is 9.97 Å². The number of carbonyl (C=O) groups is 3. The first-order valence-corrected chi connectivity index (χ1v) is 15.4. The van der Waals surface area contributed by atoms with Gasteiger partial charge < -0.3 is 19.9 Å². The van der Waals surface area contributed by atoms with Crippen molar-refractivity contribution in [3.8, 4) is 11.3 Å². The van der Waals surface area contributed by atoms with E-state index in [1.165, 1.54) is 16.2 Å². The fraction of sp³-hybridized carbons (Fsp3) is 0.516. The van der Waals surface area contributed by atoms with Crippen LogP contribution in [-0.4, -0.2) is 77.4 Å². The van der Waals surface area contributed by atoms with E-state index in [1.54, 1.807) is 14.1 Å². The molecule has 1 N–H and O–H groups in total. The Kier molecular flexibility index (Phi) is 8.99. The van der Waals surface area contributed by atoms with E-state index in [9.17, 15) is 14.4 Å². The third-order valence-corrected chi connectivity index (χ3v) is 9.27. The number of hydrogen-bond donors (Lipinski definition) is 1. The van der Waals surface area contributed by atoms with E-state index in [0.29, 0.717) is 25.5 Å². The van der Waals surface area contributed by atoms with Crippen LogP contribution in [0, 0.1) is 11.8 Å². The first kappa shape index (κ1) is 29.1. The van der Waals surface area contributed by atoms with Gasteiger partial charge in [-0.3, -0.25) is 14.4 Å². The average molecular weight is 578 g/mol. The number of amides is 3. The van der Waals surface area contributed by atoms with Crippen LogP contribution < -0.4 is 5.32 Å². The summed E-state index contributed by atoms with van der Waals surface area (Å²) in [5, 5.41) is 6.91. The van der Waals surface area contributed by atoms with Gasteiger partial charge in [-0.1, -0.05) is 32.0 Å². The molecule has 41 heavy (non-hydrogen) atoms. The number of fused-ring (bicyclic) bond motifs is 1. The molecule has 3 amide bonds. The van der Waals surface area contributed by atoms with Crippen LogP contribution >= 0.6 is 11.3 Å². The van der Waals surface area contributed by atoms with Gasteiger partial charge in [0.15, 0.2) is 0 Å². The molecule has 2 aliphatic heterocycles. The molecule has 0 unspecified atom stereocenters. The highest BCUT2D eigenvalue weighted by atomic mass is 32.1. The number of hydrogen-bond acceptors (Lipinski definition) is 7. The van der Waals surface area contributed by atoms with Crippen LogP contribution in [0.15, 0.2) is 35.7 Å². The second kappa shape index (κ2) is 12.7. The van der Waals surface area contributed by atoms with Gasteiger partial charge in [-0.15, -0.1) is 11.3 Å². The molecule has 0 spiro atoms. The minimum Gasteiger partial charge on any atom is -0.381 e. The lowest BCUT2D eigenvalue weighted by molar-refractivity contribution is -0.140. The van der Waals surface area contributed by atoms with Crippen molar-refractivity contribution in [2.45, 2.75) is 58.0 Å². The van der Waals surface area contributed by atoms with E-state index in [4.69, 9.17) is 9.72 Å². The number of carbonyl (C=O) groups excluding carboxylic acids is 3. The highest BCUT2D eigenvalue weighted by Crippen LogP contribution is 2.38. The van der Waals surface area contributed by atoms with Crippen molar-refractivity contribution in [3.63, 3.8) is 0 Å². The smallest absolute Gasteiger partial charge is 0.271 e. The normalized spacial score (nSPS) is 19.2. The summed E-state index contributed by atoms with van der Waals surface area (Å²) in [5.41, 5.74) is 2.72. The van der Waals surface area contributed by atoms with Gasteiger partial charge >= 0.3 is 0 Å². The first-order valence-electron chi connectivity index (χ1n) is 14.5. The molecule has 0 saturated carbocycles. The maximum Gasteiger partial charge on any atom is 0.271 e. The number of rotatable bonds is 8. The number of nitrogens with one attached hydrogen (secondary N) is 1. The largest absolute Gasteiger partial charge is 0.381 e. The van der Waals surface area contributed by atoms with Gasteiger partial charge in [0, 0.05) is 56.1 Å². The van der Waals surface area contributed by atoms with Gasteiger partial charge in [0.1, 0.15) is 16.7 Å². The summed E-state index contributed by atoms with van der Waals surface area (Å²) in [6.07, 6.45) is 3.92. The zero-order valence-electron chi connectivity index (χ0n) is 24.3. The number of ether oxygens (including phenoxy) is 1. The van der Waals surface area contributed by atoms with E-state index in [2.05, 4.69) is 10.3 Å². The van der Waals surface area contributed by atoms with Crippen LogP contribution in [0.25, 0.3) is 22.2 Å². The number of aromatic nitrogens is 2. The molecule has 2 aliphatic rings. The Morgan fingerprint density at radius 1 is 1.15 bits per heavy atom. The maximum absolute atomic E-state index is 14.1. The summed E-state index contributed by atoms with van der Waals surface area (Å²) in [4.78, 5) is 52.9. The summed E-state index contributed by atoms with van der Waals surface area (Å²) in [6.45, 7) is 5.72.